The topological polar surface area (TPSA) is 251 Å². The first-order valence-electron chi connectivity index (χ1n) is 11.6. The van der Waals surface area contributed by atoms with Gasteiger partial charge in [0.15, 0.2) is 5.13 Å². The van der Waals surface area contributed by atoms with Crippen LogP contribution in [0, 0.1) is 5.41 Å². The highest BCUT2D eigenvalue weighted by Crippen LogP contribution is 2.40. The predicted molar refractivity (Wildman–Crippen MR) is 139 cm³/mol. The number of nitrogens with zero attached hydrogens (tertiary/aromatic N) is 6. The van der Waals surface area contributed by atoms with Crippen LogP contribution in [0.3, 0.4) is 0 Å². The number of aliphatic hydroxyl groups excluding tert-OH is 1. The minimum atomic E-state index is -1.80. The van der Waals surface area contributed by atoms with Gasteiger partial charge in [0.05, 0.1) is 19.7 Å². The molecule has 0 saturated carbocycles. The monoisotopic (exact) mass is 595 g/mol. The number of oxime groups is 1. The Labute approximate surface area is 233 Å². The first-order chi connectivity index (χ1) is 18.9. The van der Waals surface area contributed by atoms with Gasteiger partial charge >= 0.3 is 11.9 Å². The molecule has 2 aliphatic rings. The number of aromatic nitrogens is 4. The Hall–Kier alpha value is -4.23. The second kappa shape index (κ2) is 11.1. The number of rotatable bonds is 11. The van der Waals surface area contributed by atoms with E-state index in [9.17, 15) is 34.5 Å². The zero-order valence-electron chi connectivity index (χ0n) is 21.1. The molecular formula is C21H25N9O8S2. The standard InChI is InChI=1S/C21H25N9O8S2/c1-21(2,19(36)37)38-26-11(14-25-20(23)40-27-14)15(32)24-12-16(33)30-13(18(34)35)9(8-39-17(12)30)7-28-4-3-10(22)29(28)5-6-31/h3-4,12,17,22,31H,5-8H2,1-2H3,(H,24,32)(H,34,35)(H,36,37)(H2,23,25,27)/b22-10?,26-11-. The highest BCUT2D eigenvalue weighted by Gasteiger charge is 2.54. The van der Waals surface area contributed by atoms with Crippen LogP contribution in [0.15, 0.2) is 28.7 Å². The Morgan fingerprint density at radius 1 is 1.35 bits per heavy atom. The minimum absolute atomic E-state index is 0.00559. The predicted octanol–water partition coefficient (Wildman–Crippen LogP) is -1.78. The summed E-state index contributed by atoms with van der Waals surface area (Å²) >= 11 is 1.99. The van der Waals surface area contributed by atoms with Gasteiger partial charge in [-0.15, -0.1) is 11.8 Å². The van der Waals surface area contributed by atoms with Crippen LogP contribution in [0.5, 0.6) is 0 Å². The molecular weight excluding hydrogens is 570 g/mol. The maximum atomic E-state index is 13.1. The number of carboxylic acid groups (broad SMARTS) is 2. The summed E-state index contributed by atoms with van der Waals surface area (Å²) in [7, 11) is 0. The first-order valence-corrected chi connectivity index (χ1v) is 13.4. The molecule has 0 bridgehead atoms. The molecule has 4 rings (SSSR count). The third-order valence-corrected chi connectivity index (χ3v) is 7.82. The van der Waals surface area contributed by atoms with E-state index in [1.165, 1.54) is 36.4 Å². The van der Waals surface area contributed by atoms with Crippen molar-refractivity contribution in [2.45, 2.75) is 44.0 Å². The summed E-state index contributed by atoms with van der Waals surface area (Å²) in [6.07, 6.45) is 1.58. The van der Waals surface area contributed by atoms with Gasteiger partial charge in [0.25, 0.3) is 11.8 Å². The maximum absolute atomic E-state index is 13.1. The number of carbonyl (C=O) groups is 4. The van der Waals surface area contributed by atoms with Crippen molar-refractivity contribution in [3.63, 3.8) is 0 Å². The molecule has 2 aromatic heterocycles. The number of fused-ring (bicyclic) bond motifs is 1. The van der Waals surface area contributed by atoms with Gasteiger partial charge in [-0.25, -0.2) is 9.59 Å². The number of amides is 2. The highest BCUT2D eigenvalue weighted by atomic mass is 32.2. The summed E-state index contributed by atoms with van der Waals surface area (Å²) in [5, 5.41) is 41.9. The van der Waals surface area contributed by atoms with E-state index in [0.717, 1.165) is 16.4 Å². The van der Waals surface area contributed by atoms with Gasteiger partial charge in [-0.3, -0.25) is 29.3 Å². The van der Waals surface area contributed by atoms with Crippen LogP contribution in [-0.4, -0.2) is 97.8 Å². The second-order valence-electron chi connectivity index (χ2n) is 9.07. The molecule has 2 amide bonds. The van der Waals surface area contributed by atoms with E-state index < -0.39 is 46.5 Å². The number of carbonyl (C=O) groups excluding carboxylic acids is 2. The van der Waals surface area contributed by atoms with Crippen LogP contribution in [0.4, 0.5) is 5.13 Å². The van der Waals surface area contributed by atoms with E-state index in [1.807, 2.05) is 0 Å². The fourth-order valence-corrected chi connectivity index (χ4v) is 5.64. The van der Waals surface area contributed by atoms with Gasteiger partial charge in [0, 0.05) is 23.5 Å². The van der Waals surface area contributed by atoms with Crippen LogP contribution in [-0.2, 0) is 37.1 Å². The molecule has 2 aromatic rings. The molecule has 7 N–H and O–H groups in total. The summed E-state index contributed by atoms with van der Waals surface area (Å²) in [6, 6.07) is 0.369. The quantitative estimate of drug-likeness (QED) is 0.0958. The van der Waals surface area contributed by atoms with Crippen molar-refractivity contribution in [2.24, 2.45) is 5.16 Å². The Morgan fingerprint density at radius 3 is 2.67 bits per heavy atom. The van der Waals surface area contributed by atoms with E-state index in [0.29, 0.717) is 5.57 Å². The van der Waals surface area contributed by atoms with Crippen LogP contribution >= 0.6 is 23.3 Å². The molecule has 1 saturated heterocycles. The lowest BCUT2D eigenvalue weighted by molar-refractivity contribution is -0.161. The molecule has 214 valence electrons. The summed E-state index contributed by atoms with van der Waals surface area (Å²) in [4.78, 5) is 59.9. The van der Waals surface area contributed by atoms with Crippen LogP contribution < -0.4 is 16.5 Å². The summed E-state index contributed by atoms with van der Waals surface area (Å²) < 4.78 is 6.96. The molecule has 0 aliphatic carbocycles. The Balaban J connectivity index is 1.56. The molecule has 4 heterocycles. The van der Waals surface area contributed by atoms with Crippen LogP contribution in [0.2, 0.25) is 0 Å². The van der Waals surface area contributed by atoms with Crippen LogP contribution in [0.1, 0.15) is 19.7 Å². The van der Waals surface area contributed by atoms with Crippen molar-refractivity contribution in [3.8, 4) is 0 Å². The molecule has 0 radical (unpaired) electrons. The zero-order valence-corrected chi connectivity index (χ0v) is 22.7. The molecule has 17 nitrogen and oxygen atoms in total. The number of β-lactam (4-membered cyclic amide) rings is 1. The van der Waals surface area contributed by atoms with Crippen LogP contribution in [0.25, 0.3) is 0 Å². The molecule has 2 atom stereocenters. The lowest BCUT2D eigenvalue weighted by atomic mass is 10.0. The number of nitrogens with two attached hydrogens (primary N) is 1. The Bertz CT molecular complexity index is 1490. The number of carboxylic acids is 2. The van der Waals surface area contributed by atoms with Gasteiger partial charge in [-0.2, -0.15) is 9.36 Å². The molecule has 1 fully saturated rings. The lowest BCUT2D eigenvalue weighted by Crippen LogP contribution is -2.71. The highest BCUT2D eigenvalue weighted by molar-refractivity contribution is 8.00. The van der Waals surface area contributed by atoms with Crippen molar-refractivity contribution in [2.75, 3.05) is 18.1 Å². The normalized spacial score (nSPS) is 19.2. The van der Waals surface area contributed by atoms with Crippen molar-refractivity contribution in [1.82, 2.24) is 28.9 Å². The summed E-state index contributed by atoms with van der Waals surface area (Å²) in [5.74, 6) is -4.37. The number of hydrogen-bond acceptors (Lipinski definition) is 13. The van der Waals surface area contributed by atoms with E-state index >= 15 is 0 Å². The minimum Gasteiger partial charge on any atom is -0.478 e. The number of anilines is 1. The first kappa shape index (κ1) is 28.8. The fraction of sp³-hybridized carbons (Fsp3) is 0.429. The third-order valence-electron chi connectivity index (χ3n) is 5.94. The van der Waals surface area contributed by atoms with Gasteiger partial charge in [-0.1, -0.05) is 5.16 Å². The van der Waals surface area contributed by atoms with E-state index in [2.05, 4.69) is 19.8 Å². The third kappa shape index (κ3) is 5.42. The van der Waals surface area contributed by atoms with Crippen molar-refractivity contribution in [1.29, 1.82) is 5.41 Å². The second-order valence-corrected chi connectivity index (χ2v) is 11.0. The Kier molecular flexibility index (Phi) is 7.98. The van der Waals surface area contributed by atoms with Gasteiger partial charge in [-0.05, 0) is 25.5 Å². The van der Waals surface area contributed by atoms with Crippen molar-refractivity contribution >= 4 is 57.9 Å². The SMILES string of the molecule is CC(C)(O/N=C(\C(=O)NC1C(=O)N2C(C(=O)O)=C(Cn3ccc(=N)n3CCO)CSC12)c1nsc(N)n1)C(=O)O. The number of hydrogen-bond donors (Lipinski definition) is 6. The largest absolute Gasteiger partial charge is 0.478 e. The van der Waals surface area contributed by atoms with Gasteiger partial charge in [0.2, 0.25) is 17.1 Å². The summed E-state index contributed by atoms with van der Waals surface area (Å²) in [5.41, 5.74) is 3.58. The van der Waals surface area contributed by atoms with Crippen molar-refractivity contribution in [3.05, 3.63) is 34.8 Å². The molecule has 40 heavy (non-hydrogen) atoms. The summed E-state index contributed by atoms with van der Waals surface area (Å²) in [6.45, 7) is 2.40. The van der Waals surface area contributed by atoms with E-state index in [-0.39, 0.29) is 47.6 Å². The molecule has 0 aromatic carbocycles. The number of thioether (sulfide) groups is 1. The number of aliphatic carboxylic acids is 2. The molecule has 2 aliphatic heterocycles. The van der Waals surface area contributed by atoms with Crippen molar-refractivity contribution < 1.29 is 39.3 Å². The number of nitrogen functional groups attached to an aromatic ring is 1. The average molecular weight is 596 g/mol. The molecule has 0 spiro atoms. The van der Waals surface area contributed by atoms with Gasteiger partial charge in [0.1, 0.15) is 22.6 Å². The van der Waals surface area contributed by atoms with E-state index in [1.54, 1.807) is 10.9 Å². The zero-order chi connectivity index (χ0) is 29.4. The van der Waals surface area contributed by atoms with E-state index in [4.69, 9.17) is 16.0 Å². The lowest BCUT2D eigenvalue weighted by Gasteiger charge is -2.49. The maximum Gasteiger partial charge on any atom is 0.352 e. The smallest absolute Gasteiger partial charge is 0.352 e. The average Bonchev–Trinajstić information content (AvgIpc) is 3.47. The molecule has 2 unspecified atom stereocenters. The number of aliphatic hydroxyl groups is 1. The molecule has 19 heteroatoms. The Morgan fingerprint density at radius 2 is 2.08 bits per heavy atom. The van der Waals surface area contributed by atoms with Gasteiger partial charge < -0.3 is 31.2 Å². The fourth-order valence-electron chi connectivity index (χ4n) is 3.87. The number of nitrogens with one attached hydrogen (secondary N) is 2.